The summed E-state index contributed by atoms with van der Waals surface area (Å²) in [5.41, 5.74) is 1.20. The van der Waals surface area contributed by atoms with E-state index in [1.54, 1.807) is 0 Å². The summed E-state index contributed by atoms with van der Waals surface area (Å²) >= 11 is 0. The van der Waals surface area contributed by atoms with Crippen LogP contribution >= 0.6 is 16.5 Å². The SMILES string of the molecule is O=[PH](O)OCC(CO)(CO)CO[PH](=O)O.c1ccc(-c2ccccc2)cc1. The fourth-order valence-corrected chi connectivity index (χ4v) is 2.82. The van der Waals surface area contributed by atoms with Crippen molar-refractivity contribution in [3.8, 4) is 11.1 Å². The van der Waals surface area contributed by atoms with Crippen LogP contribution in [0.4, 0.5) is 0 Å². The van der Waals surface area contributed by atoms with Gasteiger partial charge in [-0.3, -0.25) is 9.13 Å². The lowest BCUT2D eigenvalue weighted by Gasteiger charge is -2.27. The second-order valence-corrected chi connectivity index (χ2v) is 7.30. The van der Waals surface area contributed by atoms with Crippen LogP contribution in [0.2, 0.25) is 0 Å². The molecule has 2 aromatic rings. The second kappa shape index (κ2) is 12.9. The van der Waals surface area contributed by atoms with E-state index in [0.29, 0.717) is 0 Å². The van der Waals surface area contributed by atoms with Crippen LogP contribution in [0.1, 0.15) is 0 Å². The van der Waals surface area contributed by atoms with Gasteiger partial charge in [-0.2, -0.15) is 0 Å². The van der Waals surface area contributed by atoms with E-state index < -0.39 is 48.4 Å². The van der Waals surface area contributed by atoms with Gasteiger partial charge in [0.05, 0.1) is 31.8 Å². The summed E-state index contributed by atoms with van der Waals surface area (Å²) in [5.74, 6) is 0. The Morgan fingerprint density at radius 2 is 1.04 bits per heavy atom. The lowest BCUT2D eigenvalue weighted by Crippen LogP contribution is -2.38. The van der Waals surface area contributed by atoms with Gasteiger partial charge in [-0.25, -0.2) is 0 Å². The first-order valence-electron chi connectivity index (χ1n) is 7.96. The van der Waals surface area contributed by atoms with E-state index in [4.69, 9.17) is 20.0 Å². The molecule has 0 heterocycles. The first kappa shape index (κ1) is 23.7. The molecule has 0 fully saturated rings. The molecule has 2 atom stereocenters. The number of rotatable bonds is 9. The van der Waals surface area contributed by atoms with Gasteiger partial charge in [0.2, 0.25) is 0 Å². The Morgan fingerprint density at radius 1 is 0.704 bits per heavy atom. The molecule has 2 rings (SSSR count). The molecule has 27 heavy (non-hydrogen) atoms. The molecule has 2 unspecified atom stereocenters. The van der Waals surface area contributed by atoms with Crippen molar-refractivity contribution >= 4 is 16.5 Å². The Labute approximate surface area is 158 Å². The molecule has 0 aliphatic carbocycles. The van der Waals surface area contributed by atoms with Gasteiger partial charge in [0.15, 0.2) is 0 Å². The van der Waals surface area contributed by atoms with E-state index in [2.05, 4.69) is 57.6 Å². The zero-order valence-corrected chi connectivity index (χ0v) is 16.5. The Bertz CT molecular complexity index is 635. The predicted octanol–water partition coefficient (Wildman–Crippen LogP) is 2.11. The van der Waals surface area contributed by atoms with Crippen molar-refractivity contribution < 1.29 is 38.2 Å². The van der Waals surface area contributed by atoms with Gasteiger partial charge in [-0.1, -0.05) is 60.7 Å². The largest absolute Gasteiger partial charge is 0.396 e. The van der Waals surface area contributed by atoms with E-state index in [1.165, 1.54) is 11.1 Å². The zero-order chi connectivity index (χ0) is 20.1. The maximum Gasteiger partial charge on any atom is 0.316 e. The normalized spacial score (nSPS) is 13.3. The van der Waals surface area contributed by atoms with E-state index in [-0.39, 0.29) is 0 Å². The van der Waals surface area contributed by atoms with Crippen LogP contribution in [0, 0.1) is 5.41 Å². The summed E-state index contributed by atoms with van der Waals surface area (Å²) in [5, 5.41) is 17.9. The maximum atomic E-state index is 10.3. The van der Waals surface area contributed by atoms with Crippen LogP contribution in [0.5, 0.6) is 0 Å². The van der Waals surface area contributed by atoms with Crippen molar-refractivity contribution in [1.29, 1.82) is 0 Å². The quantitative estimate of drug-likeness (QED) is 0.455. The van der Waals surface area contributed by atoms with E-state index in [1.807, 2.05) is 12.1 Å². The number of aliphatic hydroxyl groups is 2. The third-order valence-corrected chi connectivity index (χ3v) is 4.34. The Balaban J connectivity index is 0.000000274. The number of aliphatic hydroxyl groups excluding tert-OH is 2. The van der Waals surface area contributed by atoms with E-state index in [9.17, 15) is 9.13 Å². The molecule has 0 amide bonds. The van der Waals surface area contributed by atoms with Crippen molar-refractivity contribution in [2.24, 2.45) is 5.41 Å². The summed E-state index contributed by atoms with van der Waals surface area (Å²) in [6, 6.07) is 20.8. The summed E-state index contributed by atoms with van der Waals surface area (Å²) < 4.78 is 29.2. The molecule has 0 aliphatic rings. The molecule has 0 spiro atoms. The molecule has 0 saturated carbocycles. The highest BCUT2D eigenvalue weighted by atomic mass is 31.1. The average Bonchev–Trinajstić information content (AvgIpc) is 2.70. The predicted molar refractivity (Wildman–Crippen MR) is 103 cm³/mol. The number of benzene rings is 2. The minimum absolute atomic E-state index is 0.441. The van der Waals surface area contributed by atoms with Gasteiger partial charge >= 0.3 is 16.5 Å². The first-order valence-corrected chi connectivity index (χ1v) is 10.5. The lowest BCUT2D eigenvalue weighted by atomic mass is 9.93. The van der Waals surface area contributed by atoms with Crippen LogP contribution in [0.15, 0.2) is 60.7 Å². The Morgan fingerprint density at radius 3 is 1.30 bits per heavy atom. The number of hydrogen-bond acceptors (Lipinski definition) is 6. The molecule has 8 nitrogen and oxygen atoms in total. The molecule has 10 heteroatoms. The fourth-order valence-electron chi connectivity index (χ4n) is 1.97. The van der Waals surface area contributed by atoms with Crippen molar-refractivity contribution in [2.45, 2.75) is 0 Å². The molecule has 0 saturated heterocycles. The van der Waals surface area contributed by atoms with Crippen molar-refractivity contribution in [2.75, 3.05) is 26.4 Å². The van der Waals surface area contributed by atoms with Crippen molar-refractivity contribution in [3.63, 3.8) is 0 Å². The molecule has 4 N–H and O–H groups in total. The highest BCUT2D eigenvalue weighted by Gasteiger charge is 2.31. The highest BCUT2D eigenvalue weighted by Crippen LogP contribution is 2.27. The molecule has 0 bridgehead atoms. The summed E-state index contributed by atoms with van der Waals surface area (Å²) in [7, 11) is -6.37. The van der Waals surface area contributed by atoms with Crippen LogP contribution < -0.4 is 0 Å². The zero-order valence-electron chi connectivity index (χ0n) is 14.5. The monoisotopic (exact) mass is 418 g/mol. The molecule has 2 aromatic carbocycles. The topological polar surface area (TPSA) is 134 Å². The minimum atomic E-state index is -3.19. The first-order chi connectivity index (χ1) is 12.9. The minimum Gasteiger partial charge on any atom is -0.396 e. The number of hydrogen-bond donors (Lipinski definition) is 4. The van der Waals surface area contributed by atoms with E-state index >= 15 is 0 Å². The third-order valence-electron chi connectivity index (χ3n) is 3.56. The maximum absolute atomic E-state index is 10.3. The molecule has 0 radical (unpaired) electrons. The Kier molecular flexibility index (Phi) is 11.4. The molecular formula is C17H24O8P2. The average molecular weight is 418 g/mol. The van der Waals surface area contributed by atoms with Crippen LogP contribution in [0.25, 0.3) is 11.1 Å². The molecule has 0 aromatic heterocycles. The van der Waals surface area contributed by atoms with Gasteiger partial charge < -0.3 is 29.0 Å². The second-order valence-electron chi connectivity index (χ2n) is 5.66. The van der Waals surface area contributed by atoms with Crippen molar-refractivity contribution in [1.82, 2.24) is 0 Å². The van der Waals surface area contributed by atoms with Crippen molar-refractivity contribution in [3.05, 3.63) is 60.7 Å². The van der Waals surface area contributed by atoms with E-state index in [0.717, 1.165) is 0 Å². The van der Waals surface area contributed by atoms with Crippen LogP contribution in [0.3, 0.4) is 0 Å². The van der Waals surface area contributed by atoms with Crippen LogP contribution in [-0.2, 0) is 18.2 Å². The fraction of sp³-hybridized carbons (Fsp3) is 0.294. The van der Waals surface area contributed by atoms with Gasteiger partial charge in [-0.15, -0.1) is 0 Å². The standard InChI is InChI=1S/C12H10.C5H14O8P2/c1-3-7-11(8-4-1)12-9-5-2-6-10-12;6-1-5(2-7,3-12-14(8)9)4-13-15(10)11/h1-10H;6-7,14-15H,1-4H2,(H,8,9)(H,10,11). The third kappa shape index (κ3) is 9.42. The summed E-state index contributed by atoms with van der Waals surface area (Å²) in [6.45, 7) is -2.09. The Hall–Kier alpha value is -1.34. The van der Waals surface area contributed by atoms with Gasteiger partial charge in [-0.05, 0) is 11.1 Å². The smallest absolute Gasteiger partial charge is 0.316 e. The molecular weight excluding hydrogens is 394 g/mol. The lowest BCUT2D eigenvalue weighted by molar-refractivity contribution is -0.0193. The van der Waals surface area contributed by atoms with Gasteiger partial charge in [0, 0.05) is 0 Å². The van der Waals surface area contributed by atoms with Crippen LogP contribution in [-0.4, -0.2) is 46.4 Å². The summed E-state index contributed by atoms with van der Waals surface area (Å²) in [6.07, 6.45) is 0. The van der Waals surface area contributed by atoms with Gasteiger partial charge in [0.1, 0.15) is 0 Å². The molecule has 0 aliphatic heterocycles. The van der Waals surface area contributed by atoms with Gasteiger partial charge in [0.25, 0.3) is 0 Å². The highest BCUT2D eigenvalue weighted by molar-refractivity contribution is 7.32. The summed E-state index contributed by atoms with van der Waals surface area (Å²) in [4.78, 5) is 16.8. The molecule has 150 valence electrons.